The maximum absolute atomic E-state index is 12.3. The molecule has 0 saturated carbocycles. The molecule has 0 saturated heterocycles. The van der Waals surface area contributed by atoms with E-state index in [-0.39, 0.29) is 17.6 Å². The van der Waals surface area contributed by atoms with Crippen molar-refractivity contribution in [1.82, 2.24) is 15.5 Å². The van der Waals surface area contributed by atoms with Crippen LogP contribution in [0.15, 0.2) is 39.8 Å². The van der Waals surface area contributed by atoms with Crippen molar-refractivity contribution in [3.8, 4) is 0 Å². The van der Waals surface area contributed by atoms with Crippen LogP contribution in [0.4, 0.5) is 10.5 Å². The van der Waals surface area contributed by atoms with Crippen molar-refractivity contribution in [2.24, 2.45) is 0 Å². The number of urea groups is 1. The summed E-state index contributed by atoms with van der Waals surface area (Å²) in [5, 5.41) is 10.9. The van der Waals surface area contributed by atoms with Gasteiger partial charge in [-0.05, 0) is 45.4 Å². The Balaban J connectivity index is 1.71. The number of pyridine rings is 1. The number of carbonyl (C=O) groups excluding carboxylic acids is 1. The van der Waals surface area contributed by atoms with E-state index in [1.165, 1.54) is 0 Å². The number of amides is 2. The molecule has 2 aromatic heterocycles. The quantitative estimate of drug-likeness (QED) is 0.680. The van der Waals surface area contributed by atoms with Gasteiger partial charge in [-0.3, -0.25) is 4.79 Å². The van der Waals surface area contributed by atoms with Crippen molar-refractivity contribution in [3.63, 3.8) is 0 Å². The number of hydrogen-bond donors (Lipinski definition) is 3. The molecule has 130 valence electrons. The number of carbonyl (C=O) groups is 1. The minimum Gasteiger partial charge on any atom is -0.361 e. The highest BCUT2D eigenvalue weighted by molar-refractivity contribution is 6.01. The third-order valence-corrected chi connectivity index (χ3v) is 4.13. The lowest BCUT2D eigenvalue weighted by atomic mass is 10.1. The molecule has 0 radical (unpaired) electrons. The number of nitrogens with one attached hydrogen (secondary N) is 3. The number of hydrogen-bond acceptors (Lipinski definition) is 4. The standard InChI is InChI=1S/C18H20N4O3/c1-10(9-15-11(2)22-25-12(15)3)20-18(24)21-16-6-4-5-14-13(16)7-8-19-17(14)23/h4-8,10H,9H2,1-3H3,(H,19,23)(H2,20,21,24). The Labute approximate surface area is 144 Å². The summed E-state index contributed by atoms with van der Waals surface area (Å²) in [6.07, 6.45) is 2.19. The third-order valence-electron chi connectivity index (χ3n) is 4.13. The first-order valence-corrected chi connectivity index (χ1v) is 8.05. The molecule has 2 heterocycles. The van der Waals surface area contributed by atoms with Crippen molar-refractivity contribution in [1.29, 1.82) is 0 Å². The van der Waals surface area contributed by atoms with E-state index >= 15 is 0 Å². The Morgan fingerprint density at radius 2 is 2.08 bits per heavy atom. The van der Waals surface area contributed by atoms with Crippen molar-refractivity contribution in [3.05, 3.63) is 57.8 Å². The molecule has 0 spiro atoms. The fourth-order valence-corrected chi connectivity index (χ4v) is 2.86. The van der Waals surface area contributed by atoms with Crippen LogP contribution in [0.5, 0.6) is 0 Å². The molecule has 3 rings (SSSR count). The molecule has 1 unspecified atom stereocenters. The highest BCUT2D eigenvalue weighted by Crippen LogP contribution is 2.20. The molecule has 25 heavy (non-hydrogen) atoms. The number of rotatable bonds is 4. The number of aryl methyl sites for hydroxylation is 2. The lowest BCUT2D eigenvalue weighted by Crippen LogP contribution is -2.37. The van der Waals surface area contributed by atoms with Crippen LogP contribution < -0.4 is 16.2 Å². The Kier molecular flexibility index (Phi) is 4.56. The predicted octanol–water partition coefficient (Wildman–Crippen LogP) is 2.89. The summed E-state index contributed by atoms with van der Waals surface area (Å²) in [5.74, 6) is 0.764. The molecule has 0 fully saturated rings. The Morgan fingerprint density at radius 3 is 2.80 bits per heavy atom. The van der Waals surface area contributed by atoms with E-state index in [9.17, 15) is 9.59 Å². The second-order valence-electron chi connectivity index (χ2n) is 6.08. The molecule has 0 bridgehead atoms. The van der Waals surface area contributed by atoms with Gasteiger partial charge in [-0.25, -0.2) is 4.79 Å². The number of aromatic amines is 1. The van der Waals surface area contributed by atoms with Gasteiger partial charge in [-0.15, -0.1) is 0 Å². The zero-order valence-electron chi connectivity index (χ0n) is 14.3. The van der Waals surface area contributed by atoms with Gasteiger partial charge in [-0.1, -0.05) is 11.2 Å². The maximum Gasteiger partial charge on any atom is 0.319 e. The van der Waals surface area contributed by atoms with Gasteiger partial charge in [0.2, 0.25) is 0 Å². The van der Waals surface area contributed by atoms with E-state index in [0.29, 0.717) is 22.9 Å². The van der Waals surface area contributed by atoms with E-state index in [0.717, 1.165) is 17.0 Å². The van der Waals surface area contributed by atoms with Crippen molar-refractivity contribution in [2.45, 2.75) is 33.2 Å². The molecule has 1 atom stereocenters. The Morgan fingerprint density at radius 1 is 1.28 bits per heavy atom. The maximum atomic E-state index is 12.3. The van der Waals surface area contributed by atoms with Gasteiger partial charge >= 0.3 is 6.03 Å². The van der Waals surface area contributed by atoms with E-state index in [4.69, 9.17) is 4.52 Å². The minimum absolute atomic E-state index is 0.102. The van der Waals surface area contributed by atoms with Gasteiger partial charge in [0.1, 0.15) is 5.76 Å². The Bertz CT molecular complexity index is 954. The van der Waals surface area contributed by atoms with E-state index in [1.54, 1.807) is 30.5 Å². The van der Waals surface area contributed by atoms with Crippen molar-refractivity contribution in [2.75, 3.05) is 5.32 Å². The summed E-state index contributed by atoms with van der Waals surface area (Å²) >= 11 is 0. The van der Waals surface area contributed by atoms with Gasteiger partial charge in [0, 0.05) is 28.6 Å². The second-order valence-corrected chi connectivity index (χ2v) is 6.08. The smallest absolute Gasteiger partial charge is 0.319 e. The van der Waals surface area contributed by atoms with Crippen LogP contribution in [0, 0.1) is 13.8 Å². The summed E-state index contributed by atoms with van der Waals surface area (Å²) in [7, 11) is 0. The molecule has 0 aliphatic rings. The summed E-state index contributed by atoms with van der Waals surface area (Å²) in [6.45, 7) is 5.65. The average Bonchev–Trinajstić information content (AvgIpc) is 2.87. The first-order valence-electron chi connectivity index (χ1n) is 8.05. The summed E-state index contributed by atoms with van der Waals surface area (Å²) in [6, 6.07) is 6.56. The second kappa shape index (κ2) is 6.80. The molecular formula is C18H20N4O3. The number of nitrogens with zero attached hydrogens (tertiary/aromatic N) is 1. The van der Waals surface area contributed by atoms with Gasteiger partial charge in [0.05, 0.1) is 11.4 Å². The molecule has 1 aromatic carbocycles. The highest BCUT2D eigenvalue weighted by Gasteiger charge is 2.15. The number of H-pyrrole nitrogens is 1. The molecule has 0 aliphatic carbocycles. The van der Waals surface area contributed by atoms with E-state index in [1.807, 2.05) is 20.8 Å². The van der Waals surface area contributed by atoms with Crippen LogP contribution >= 0.6 is 0 Å². The fraction of sp³-hybridized carbons (Fsp3) is 0.278. The van der Waals surface area contributed by atoms with E-state index < -0.39 is 0 Å². The first-order chi connectivity index (χ1) is 12.0. The van der Waals surface area contributed by atoms with Crippen molar-refractivity contribution < 1.29 is 9.32 Å². The number of aromatic nitrogens is 2. The molecule has 2 amide bonds. The number of anilines is 1. The molecule has 3 aromatic rings. The van der Waals surface area contributed by atoms with Gasteiger partial charge < -0.3 is 20.1 Å². The SMILES string of the molecule is Cc1noc(C)c1CC(C)NC(=O)Nc1cccc2c(=O)[nH]ccc12. The number of benzene rings is 1. The Hall–Kier alpha value is -3.09. The molecule has 0 aliphatic heterocycles. The van der Waals surface area contributed by atoms with Crippen LogP contribution in [0.3, 0.4) is 0 Å². The summed E-state index contributed by atoms with van der Waals surface area (Å²) in [4.78, 5) is 26.8. The first kappa shape index (κ1) is 16.8. The highest BCUT2D eigenvalue weighted by atomic mass is 16.5. The lowest BCUT2D eigenvalue weighted by Gasteiger charge is -2.15. The lowest BCUT2D eigenvalue weighted by molar-refractivity contribution is 0.249. The third kappa shape index (κ3) is 3.55. The van der Waals surface area contributed by atoms with Gasteiger partial charge in [-0.2, -0.15) is 0 Å². The normalized spacial score (nSPS) is 12.1. The zero-order valence-corrected chi connectivity index (χ0v) is 14.3. The molecule has 7 nitrogen and oxygen atoms in total. The molecular weight excluding hydrogens is 320 g/mol. The van der Waals surface area contributed by atoms with Crippen LogP contribution in [-0.4, -0.2) is 22.2 Å². The fourth-order valence-electron chi connectivity index (χ4n) is 2.86. The van der Waals surface area contributed by atoms with E-state index in [2.05, 4.69) is 20.8 Å². The van der Waals surface area contributed by atoms with Crippen molar-refractivity contribution >= 4 is 22.5 Å². The molecule has 3 N–H and O–H groups in total. The van der Waals surface area contributed by atoms with Gasteiger partial charge in [0.15, 0.2) is 0 Å². The van der Waals surface area contributed by atoms with Crippen LogP contribution in [-0.2, 0) is 6.42 Å². The van der Waals surface area contributed by atoms with Crippen LogP contribution in [0.1, 0.15) is 23.9 Å². The molecule has 7 heteroatoms. The zero-order chi connectivity index (χ0) is 18.0. The topological polar surface area (TPSA) is 100 Å². The summed E-state index contributed by atoms with van der Waals surface area (Å²) < 4.78 is 5.15. The summed E-state index contributed by atoms with van der Waals surface area (Å²) in [5.41, 5.74) is 2.24. The predicted molar refractivity (Wildman–Crippen MR) is 95.9 cm³/mol. The largest absolute Gasteiger partial charge is 0.361 e. The number of fused-ring (bicyclic) bond motifs is 1. The van der Waals surface area contributed by atoms with Crippen LogP contribution in [0.2, 0.25) is 0 Å². The van der Waals surface area contributed by atoms with Crippen LogP contribution in [0.25, 0.3) is 10.8 Å². The average molecular weight is 340 g/mol. The minimum atomic E-state index is -0.327. The van der Waals surface area contributed by atoms with Gasteiger partial charge in [0.25, 0.3) is 5.56 Å². The monoisotopic (exact) mass is 340 g/mol.